The van der Waals surface area contributed by atoms with Crippen molar-refractivity contribution in [3.63, 3.8) is 0 Å². The van der Waals surface area contributed by atoms with Gasteiger partial charge in [0.25, 0.3) is 0 Å². The van der Waals surface area contributed by atoms with Gasteiger partial charge in [-0.2, -0.15) is 0 Å². The van der Waals surface area contributed by atoms with E-state index in [1.54, 1.807) is 0 Å². The van der Waals surface area contributed by atoms with Gasteiger partial charge in [0.2, 0.25) is 0 Å². The van der Waals surface area contributed by atoms with E-state index in [1.165, 1.54) is 16.3 Å². The van der Waals surface area contributed by atoms with Crippen molar-refractivity contribution < 1.29 is 11.3 Å². The molecule has 3 heteroatoms. The maximum absolute atomic E-state index is 8.82. The fraction of sp³-hybridized carbons (Fsp3) is 0. The fourth-order valence-electron chi connectivity index (χ4n) is 8.00. The lowest BCUT2D eigenvalue weighted by Gasteiger charge is -2.12. The molecule has 0 bridgehead atoms. The molecule has 51 heavy (non-hydrogen) atoms. The molecule has 8 aromatic carbocycles. The molecule has 0 amide bonds. The monoisotopic (exact) mass is 655 g/mol. The van der Waals surface area contributed by atoms with E-state index in [0.717, 1.165) is 55.2 Å². The van der Waals surface area contributed by atoms with Crippen LogP contribution in [-0.2, 0) is 0 Å². The molecule has 0 radical (unpaired) electrons. The minimum Gasteiger partial charge on any atom is -0.454 e. The maximum atomic E-state index is 8.82. The van der Waals surface area contributed by atoms with Crippen molar-refractivity contribution in [1.82, 2.24) is 9.13 Å². The SMILES string of the molecule is [2H]c1c([2H])c([2H])c(-c2ccc(-n3c4ccccc4c4cc(-c5ccc6c(c5)c5ccccc5n6-c5ccccc5)ccc43)c3oc4ccccc4c23)c([2H])c1[2H]. The molecule has 0 spiro atoms. The summed E-state index contributed by atoms with van der Waals surface area (Å²) in [7, 11) is 0. The summed E-state index contributed by atoms with van der Waals surface area (Å²) in [6.07, 6.45) is 0. The first-order valence-corrected chi connectivity index (χ1v) is 17.0. The van der Waals surface area contributed by atoms with Gasteiger partial charge in [0.1, 0.15) is 5.58 Å². The van der Waals surface area contributed by atoms with Crippen LogP contribution in [0, 0.1) is 0 Å². The Morgan fingerprint density at radius 3 is 1.71 bits per heavy atom. The van der Waals surface area contributed by atoms with Crippen LogP contribution in [0.2, 0.25) is 0 Å². The highest BCUT2D eigenvalue weighted by atomic mass is 16.3. The predicted molar refractivity (Wildman–Crippen MR) is 213 cm³/mol. The zero-order valence-electron chi connectivity index (χ0n) is 32.2. The van der Waals surface area contributed by atoms with Gasteiger partial charge in [-0.05, 0) is 82.9 Å². The van der Waals surface area contributed by atoms with E-state index in [2.05, 4.69) is 112 Å². The third kappa shape index (κ3) is 4.12. The second-order valence-electron chi connectivity index (χ2n) is 12.9. The molecule has 0 aliphatic rings. The molecule has 0 saturated heterocycles. The van der Waals surface area contributed by atoms with Crippen molar-refractivity contribution in [1.29, 1.82) is 0 Å². The largest absolute Gasteiger partial charge is 0.454 e. The van der Waals surface area contributed by atoms with E-state index in [4.69, 9.17) is 11.3 Å². The van der Waals surface area contributed by atoms with Crippen LogP contribution < -0.4 is 0 Å². The lowest BCUT2D eigenvalue weighted by Crippen LogP contribution is -1.95. The van der Waals surface area contributed by atoms with Crippen LogP contribution in [0.15, 0.2) is 186 Å². The van der Waals surface area contributed by atoms with E-state index in [-0.39, 0.29) is 29.7 Å². The van der Waals surface area contributed by atoms with Crippen LogP contribution in [0.1, 0.15) is 6.85 Å². The Labute approximate surface area is 300 Å². The molecule has 3 nitrogen and oxygen atoms in total. The second-order valence-corrected chi connectivity index (χ2v) is 12.9. The van der Waals surface area contributed by atoms with E-state index >= 15 is 0 Å². The number of fused-ring (bicyclic) bond motifs is 9. The molecule has 0 saturated carbocycles. The number of furan rings is 1. The van der Waals surface area contributed by atoms with Crippen LogP contribution in [0.5, 0.6) is 0 Å². The molecule has 0 N–H and O–H groups in total. The zero-order chi connectivity index (χ0) is 37.8. The maximum Gasteiger partial charge on any atom is 0.160 e. The van der Waals surface area contributed by atoms with Gasteiger partial charge in [0.15, 0.2) is 5.58 Å². The van der Waals surface area contributed by atoms with Crippen molar-refractivity contribution >= 4 is 65.6 Å². The minimum atomic E-state index is -0.419. The van der Waals surface area contributed by atoms with Gasteiger partial charge in [-0.1, -0.05) is 121 Å². The number of nitrogens with zero attached hydrogens (tertiary/aromatic N) is 2. The van der Waals surface area contributed by atoms with Crippen LogP contribution in [-0.4, -0.2) is 9.13 Å². The highest BCUT2D eigenvalue weighted by molar-refractivity contribution is 6.17. The highest BCUT2D eigenvalue weighted by Crippen LogP contribution is 2.43. The van der Waals surface area contributed by atoms with Crippen molar-refractivity contribution in [2.45, 2.75) is 0 Å². The third-order valence-electron chi connectivity index (χ3n) is 10.2. The van der Waals surface area contributed by atoms with Crippen molar-refractivity contribution in [2.24, 2.45) is 0 Å². The van der Waals surface area contributed by atoms with Gasteiger partial charge in [0, 0.05) is 38.0 Å². The lowest BCUT2D eigenvalue weighted by atomic mass is 9.98. The lowest BCUT2D eigenvalue weighted by molar-refractivity contribution is 0.666. The predicted octanol–water partition coefficient (Wildman–Crippen LogP) is 13.1. The van der Waals surface area contributed by atoms with E-state index in [9.17, 15) is 0 Å². The second kappa shape index (κ2) is 10.8. The molecule has 0 atom stereocenters. The number of para-hydroxylation sites is 4. The molecule has 3 aromatic heterocycles. The Hall–Kier alpha value is -6.84. The van der Waals surface area contributed by atoms with Gasteiger partial charge >= 0.3 is 0 Å². The van der Waals surface area contributed by atoms with Gasteiger partial charge in [-0.15, -0.1) is 0 Å². The third-order valence-corrected chi connectivity index (χ3v) is 10.2. The minimum absolute atomic E-state index is 0.148. The van der Waals surface area contributed by atoms with E-state index in [1.807, 2.05) is 48.5 Å². The highest BCUT2D eigenvalue weighted by Gasteiger charge is 2.21. The topological polar surface area (TPSA) is 23.0 Å². The summed E-state index contributed by atoms with van der Waals surface area (Å²) in [5.74, 6) is 0. The van der Waals surface area contributed by atoms with Crippen LogP contribution in [0.3, 0.4) is 0 Å². The normalized spacial score (nSPS) is 13.3. The standard InChI is InChI=1S/C48H30N2O/c1-3-13-31(14-4-1)35-25-28-45(48-47(35)38-19-9-12-22-46(38)51-48)50-42-21-11-8-18-37(42)40-30-33(24-27-44(40)50)32-23-26-43-39(29-32)36-17-7-10-20-41(36)49(43)34-15-5-2-6-16-34/h1-30H/i1D,3D,4D,13D,14D. The summed E-state index contributed by atoms with van der Waals surface area (Å²) < 4.78 is 53.9. The number of hydrogen-bond acceptors (Lipinski definition) is 1. The van der Waals surface area contributed by atoms with Crippen molar-refractivity contribution in [3.05, 3.63) is 182 Å². The van der Waals surface area contributed by atoms with Crippen molar-refractivity contribution in [2.75, 3.05) is 0 Å². The summed E-state index contributed by atoms with van der Waals surface area (Å²) in [5.41, 5.74) is 10.3. The zero-order valence-corrected chi connectivity index (χ0v) is 27.2. The molecular formula is C48H30N2O. The molecule has 11 aromatic rings. The Bertz CT molecular complexity index is 3400. The number of hydrogen-bond donors (Lipinski definition) is 0. The summed E-state index contributed by atoms with van der Waals surface area (Å²) in [6.45, 7) is 0. The quantitative estimate of drug-likeness (QED) is 0.185. The van der Waals surface area contributed by atoms with Crippen LogP contribution >= 0.6 is 0 Å². The van der Waals surface area contributed by atoms with Gasteiger partial charge in [0.05, 0.1) is 34.6 Å². The van der Waals surface area contributed by atoms with Gasteiger partial charge in [-0.25, -0.2) is 0 Å². The molecule has 0 fully saturated rings. The number of aromatic nitrogens is 2. The molecule has 238 valence electrons. The van der Waals surface area contributed by atoms with Crippen molar-refractivity contribution in [3.8, 4) is 33.6 Å². The number of benzene rings is 8. The molecule has 0 unspecified atom stereocenters. The Morgan fingerprint density at radius 1 is 0.431 bits per heavy atom. The first-order chi connectivity index (χ1) is 27.4. The summed E-state index contributed by atoms with van der Waals surface area (Å²) in [6, 6.07) is 50.6. The number of rotatable bonds is 4. The van der Waals surface area contributed by atoms with E-state index < -0.39 is 6.04 Å². The molecule has 0 aliphatic heterocycles. The molecule has 11 rings (SSSR count). The first-order valence-electron chi connectivity index (χ1n) is 19.5. The Balaban J connectivity index is 1.14. The molecular weight excluding hydrogens is 621 g/mol. The summed E-state index contributed by atoms with van der Waals surface area (Å²) in [4.78, 5) is 0. The molecule has 3 heterocycles. The summed E-state index contributed by atoms with van der Waals surface area (Å²) in [5, 5.41) is 6.07. The molecule has 0 aliphatic carbocycles. The Morgan fingerprint density at radius 2 is 1.00 bits per heavy atom. The van der Waals surface area contributed by atoms with Gasteiger partial charge in [-0.3, -0.25) is 0 Å². The first kappa shape index (κ1) is 23.5. The average molecular weight is 656 g/mol. The van der Waals surface area contributed by atoms with Crippen LogP contribution in [0.25, 0.3) is 99.2 Å². The van der Waals surface area contributed by atoms with Crippen LogP contribution in [0.4, 0.5) is 0 Å². The summed E-state index contributed by atoms with van der Waals surface area (Å²) >= 11 is 0. The average Bonchev–Trinajstić information content (AvgIpc) is 3.90. The fourth-order valence-corrected chi connectivity index (χ4v) is 8.00. The van der Waals surface area contributed by atoms with Gasteiger partial charge < -0.3 is 13.6 Å². The smallest absolute Gasteiger partial charge is 0.160 e. The Kier molecular flexibility index (Phi) is 4.99. The van der Waals surface area contributed by atoms with E-state index in [0.29, 0.717) is 22.1 Å².